The van der Waals surface area contributed by atoms with E-state index in [9.17, 15) is 9.59 Å². The lowest BCUT2D eigenvalue weighted by Gasteiger charge is -2.28. The minimum atomic E-state index is -0.554. The fraction of sp³-hybridized carbons (Fsp3) is 0.0870. The molecule has 0 radical (unpaired) electrons. The van der Waals surface area contributed by atoms with Crippen molar-refractivity contribution in [1.29, 1.82) is 0 Å². The molecule has 1 N–H and O–H groups in total. The van der Waals surface area contributed by atoms with Crippen molar-refractivity contribution in [1.82, 2.24) is 5.32 Å². The topological polar surface area (TPSA) is 62.6 Å². The summed E-state index contributed by atoms with van der Waals surface area (Å²) in [5.74, 6) is -0.665. The Labute approximate surface area is 197 Å². The number of benzene rings is 2. The van der Waals surface area contributed by atoms with Crippen LogP contribution in [0.3, 0.4) is 0 Å². The smallest absolute Gasteiger partial charge is 0.270 e. The standard InChI is InChI=1S/C23H17BrN2O3S2/c1-2-14-8-10-15(11-9-14)26-21(28)18(20(27)25-23(26)30)12-16-13-19(24)22(29-16)31-17-6-4-3-5-7-17/h3-13H,2H2,1H3,(H,25,27,30)/b18-12+. The third-order valence-electron chi connectivity index (χ3n) is 4.62. The van der Waals surface area contributed by atoms with E-state index in [0.29, 0.717) is 16.5 Å². The Morgan fingerprint density at radius 2 is 1.84 bits per heavy atom. The Morgan fingerprint density at radius 3 is 2.52 bits per heavy atom. The Hall–Kier alpha value is -2.68. The maximum absolute atomic E-state index is 13.1. The number of furan rings is 1. The number of amides is 2. The third-order valence-corrected chi connectivity index (χ3v) is 6.75. The van der Waals surface area contributed by atoms with Crippen molar-refractivity contribution >= 4 is 68.6 Å². The van der Waals surface area contributed by atoms with Crippen LogP contribution < -0.4 is 10.2 Å². The second kappa shape index (κ2) is 9.21. The number of anilines is 1. The molecule has 0 aliphatic carbocycles. The van der Waals surface area contributed by atoms with E-state index in [-0.39, 0.29) is 10.7 Å². The van der Waals surface area contributed by atoms with E-state index in [2.05, 4.69) is 28.2 Å². The zero-order valence-corrected chi connectivity index (χ0v) is 19.6. The lowest BCUT2D eigenvalue weighted by atomic mass is 10.1. The molecular weight excluding hydrogens is 496 g/mol. The number of halogens is 1. The zero-order valence-electron chi connectivity index (χ0n) is 16.4. The van der Waals surface area contributed by atoms with Gasteiger partial charge in [0.05, 0.1) is 10.2 Å². The maximum atomic E-state index is 13.1. The molecular formula is C23H17BrN2O3S2. The van der Waals surface area contributed by atoms with Crippen molar-refractivity contribution < 1.29 is 14.0 Å². The summed E-state index contributed by atoms with van der Waals surface area (Å²) < 4.78 is 6.61. The fourth-order valence-electron chi connectivity index (χ4n) is 3.02. The second-order valence-corrected chi connectivity index (χ2v) is 8.96. The van der Waals surface area contributed by atoms with Gasteiger partial charge in [0.25, 0.3) is 11.8 Å². The van der Waals surface area contributed by atoms with Gasteiger partial charge >= 0.3 is 0 Å². The summed E-state index contributed by atoms with van der Waals surface area (Å²) in [4.78, 5) is 28.0. The van der Waals surface area contributed by atoms with Gasteiger partial charge in [0.1, 0.15) is 11.3 Å². The van der Waals surface area contributed by atoms with Crippen LogP contribution in [0.15, 0.2) is 85.1 Å². The summed E-state index contributed by atoms with van der Waals surface area (Å²) >= 11 is 10.2. The summed E-state index contributed by atoms with van der Waals surface area (Å²) in [6, 6.07) is 19.0. The van der Waals surface area contributed by atoms with Crippen LogP contribution in [0, 0.1) is 0 Å². The first-order valence-electron chi connectivity index (χ1n) is 9.49. The molecule has 0 spiro atoms. The Balaban J connectivity index is 1.63. The fourth-order valence-corrected chi connectivity index (χ4v) is 4.65. The van der Waals surface area contributed by atoms with Crippen LogP contribution >= 0.6 is 39.9 Å². The number of nitrogens with one attached hydrogen (secondary N) is 1. The van der Waals surface area contributed by atoms with Gasteiger partial charge < -0.3 is 4.42 Å². The molecule has 0 unspecified atom stereocenters. The minimum Gasteiger partial charge on any atom is -0.449 e. The van der Waals surface area contributed by atoms with Gasteiger partial charge in [-0.25, -0.2) is 0 Å². The molecule has 5 nitrogen and oxygen atoms in total. The number of aryl methyl sites for hydroxylation is 1. The minimum absolute atomic E-state index is 0.0503. The van der Waals surface area contributed by atoms with Crippen molar-refractivity contribution in [2.24, 2.45) is 0 Å². The van der Waals surface area contributed by atoms with E-state index in [1.807, 2.05) is 54.6 Å². The molecule has 2 amide bonds. The van der Waals surface area contributed by atoms with Gasteiger partial charge in [-0.3, -0.25) is 19.8 Å². The molecule has 2 heterocycles. The summed E-state index contributed by atoms with van der Waals surface area (Å²) in [7, 11) is 0. The van der Waals surface area contributed by atoms with Crippen LogP contribution in [0.25, 0.3) is 6.08 Å². The highest BCUT2D eigenvalue weighted by molar-refractivity contribution is 9.10. The average molecular weight is 513 g/mol. The number of thiocarbonyl (C=S) groups is 1. The predicted molar refractivity (Wildman–Crippen MR) is 129 cm³/mol. The van der Waals surface area contributed by atoms with Gasteiger partial charge in [0.2, 0.25) is 0 Å². The van der Waals surface area contributed by atoms with E-state index < -0.39 is 11.8 Å². The summed E-state index contributed by atoms with van der Waals surface area (Å²) in [5.41, 5.74) is 1.69. The largest absolute Gasteiger partial charge is 0.449 e. The lowest BCUT2D eigenvalue weighted by Crippen LogP contribution is -2.54. The van der Waals surface area contributed by atoms with Gasteiger partial charge in [0, 0.05) is 4.90 Å². The van der Waals surface area contributed by atoms with E-state index in [1.54, 1.807) is 6.07 Å². The second-order valence-electron chi connectivity index (χ2n) is 6.68. The SMILES string of the molecule is CCc1ccc(N2C(=O)/C(=C/c3cc(Br)c(Sc4ccccc4)o3)C(=O)NC2=S)cc1. The van der Waals surface area contributed by atoms with Crippen molar-refractivity contribution in [3.8, 4) is 0 Å². The first kappa shape index (κ1) is 21.5. The summed E-state index contributed by atoms with van der Waals surface area (Å²) in [6.45, 7) is 2.05. The van der Waals surface area contributed by atoms with Gasteiger partial charge in [-0.15, -0.1) is 0 Å². The van der Waals surface area contributed by atoms with Gasteiger partial charge in [0.15, 0.2) is 10.2 Å². The van der Waals surface area contributed by atoms with Crippen LogP contribution in [-0.2, 0) is 16.0 Å². The molecule has 0 bridgehead atoms. The van der Waals surface area contributed by atoms with Gasteiger partial charge in [-0.1, -0.05) is 49.0 Å². The molecule has 1 aliphatic rings. The Morgan fingerprint density at radius 1 is 1.13 bits per heavy atom. The third kappa shape index (κ3) is 4.66. The molecule has 31 heavy (non-hydrogen) atoms. The quantitative estimate of drug-likeness (QED) is 0.274. The zero-order chi connectivity index (χ0) is 22.0. The molecule has 1 saturated heterocycles. The van der Waals surface area contributed by atoms with Crippen LogP contribution in [0.1, 0.15) is 18.2 Å². The molecule has 0 atom stereocenters. The number of hydrogen-bond acceptors (Lipinski definition) is 5. The van der Waals surface area contributed by atoms with E-state index in [1.165, 1.54) is 22.7 Å². The lowest BCUT2D eigenvalue weighted by molar-refractivity contribution is -0.122. The van der Waals surface area contributed by atoms with E-state index >= 15 is 0 Å². The van der Waals surface area contributed by atoms with Crippen LogP contribution in [0.5, 0.6) is 0 Å². The molecule has 1 aliphatic heterocycles. The molecule has 3 aromatic rings. The number of carbonyl (C=O) groups excluding carboxylic acids is 2. The molecule has 8 heteroatoms. The first-order valence-corrected chi connectivity index (χ1v) is 11.5. The highest BCUT2D eigenvalue weighted by Crippen LogP contribution is 2.36. The predicted octanol–water partition coefficient (Wildman–Crippen LogP) is 5.59. The summed E-state index contributed by atoms with van der Waals surface area (Å²) in [5, 5.41) is 3.27. The van der Waals surface area contributed by atoms with Crippen molar-refractivity contribution in [3.05, 3.63) is 82.0 Å². The van der Waals surface area contributed by atoms with E-state index in [4.69, 9.17) is 16.6 Å². The van der Waals surface area contributed by atoms with Crippen molar-refractivity contribution in [3.63, 3.8) is 0 Å². The molecule has 0 saturated carbocycles. The Kier molecular flexibility index (Phi) is 6.41. The van der Waals surface area contributed by atoms with Crippen molar-refractivity contribution in [2.45, 2.75) is 23.3 Å². The van der Waals surface area contributed by atoms with Crippen molar-refractivity contribution in [2.75, 3.05) is 4.90 Å². The maximum Gasteiger partial charge on any atom is 0.270 e. The van der Waals surface area contributed by atoms with Crippen LogP contribution in [0.4, 0.5) is 5.69 Å². The normalized spacial score (nSPS) is 15.5. The van der Waals surface area contributed by atoms with E-state index in [0.717, 1.165) is 21.4 Å². The van der Waals surface area contributed by atoms with Crippen LogP contribution in [0.2, 0.25) is 0 Å². The first-order chi connectivity index (χ1) is 15.0. The summed E-state index contributed by atoms with van der Waals surface area (Å²) in [6.07, 6.45) is 2.32. The number of nitrogens with zero attached hydrogens (tertiary/aromatic N) is 1. The molecule has 1 fully saturated rings. The number of carbonyl (C=O) groups is 2. The van der Waals surface area contributed by atoms with Crippen LogP contribution in [-0.4, -0.2) is 16.9 Å². The monoisotopic (exact) mass is 512 g/mol. The molecule has 4 rings (SSSR count). The molecule has 1 aromatic heterocycles. The Bertz CT molecular complexity index is 1190. The average Bonchev–Trinajstić information content (AvgIpc) is 3.11. The molecule has 2 aromatic carbocycles. The number of hydrogen-bond donors (Lipinski definition) is 1. The highest BCUT2D eigenvalue weighted by atomic mass is 79.9. The molecule has 156 valence electrons. The van der Waals surface area contributed by atoms with Gasteiger partial charge in [-0.2, -0.15) is 0 Å². The van der Waals surface area contributed by atoms with Gasteiger partial charge in [-0.05, 0) is 76.5 Å². The number of rotatable bonds is 5. The highest BCUT2D eigenvalue weighted by Gasteiger charge is 2.34.